The Hall–Kier alpha value is -1.88. The average molecular weight is 252 g/mol. The van der Waals surface area contributed by atoms with Crippen molar-refractivity contribution in [1.29, 1.82) is 0 Å². The smallest absolute Gasteiger partial charge is 0.330 e. The van der Waals surface area contributed by atoms with Gasteiger partial charge in [0.25, 0.3) is 5.56 Å². The molecule has 1 rings (SSSR count). The van der Waals surface area contributed by atoms with Gasteiger partial charge in [0.2, 0.25) is 0 Å². The first-order valence-electron chi connectivity index (χ1n) is 5.44. The van der Waals surface area contributed by atoms with E-state index in [0.717, 1.165) is 0 Å². The van der Waals surface area contributed by atoms with Crippen LogP contribution in [-0.4, -0.2) is 27.4 Å². The van der Waals surface area contributed by atoms with Crippen molar-refractivity contribution in [2.24, 2.45) is 0 Å². The number of hydrogen-bond acceptors (Lipinski definition) is 4. The van der Waals surface area contributed by atoms with Gasteiger partial charge in [0.05, 0.1) is 12.7 Å². The van der Waals surface area contributed by atoms with Gasteiger partial charge in [-0.15, -0.1) is 5.73 Å². The molecule has 6 heteroatoms. The van der Waals surface area contributed by atoms with E-state index in [2.05, 4.69) is 17.3 Å². The van der Waals surface area contributed by atoms with Crippen molar-refractivity contribution >= 4 is 0 Å². The van der Waals surface area contributed by atoms with Crippen molar-refractivity contribution in [1.82, 2.24) is 9.55 Å². The number of aliphatic hydroxyl groups excluding tert-OH is 1. The van der Waals surface area contributed by atoms with Crippen LogP contribution in [0.25, 0.3) is 0 Å². The van der Waals surface area contributed by atoms with Crippen molar-refractivity contribution in [3.8, 4) is 0 Å². The summed E-state index contributed by atoms with van der Waals surface area (Å²) in [6, 6.07) is 0. The first-order chi connectivity index (χ1) is 8.49. The highest BCUT2D eigenvalue weighted by molar-refractivity contribution is 5.02. The lowest BCUT2D eigenvalue weighted by atomic mass is 10.3. The number of nitrogens with one attached hydrogen (secondary N) is 1. The van der Waals surface area contributed by atoms with Gasteiger partial charge in [0.1, 0.15) is 0 Å². The molecule has 0 radical (unpaired) electrons. The van der Waals surface area contributed by atoms with Crippen molar-refractivity contribution in [2.75, 3.05) is 6.61 Å². The molecule has 0 aliphatic rings. The van der Waals surface area contributed by atoms with E-state index in [1.165, 1.54) is 16.8 Å². The quantitative estimate of drug-likeness (QED) is 0.727. The summed E-state index contributed by atoms with van der Waals surface area (Å²) in [5.41, 5.74) is 1.88. The molecule has 18 heavy (non-hydrogen) atoms. The molecule has 0 aliphatic carbocycles. The summed E-state index contributed by atoms with van der Waals surface area (Å²) in [6.45, 7) is 6.48. The number of rotatable bonds is 5. The monoisotopic (exact) mass is 252 g/mol. The van der Waals surface area contributed by atoms with Gasteiger partial charge < -0.3 is 9.84 Å². The Kier molecular flexibility index (Phi) is 4.85. The molecule has 0 bridgehead atoms. The van der Waals surface area contributed by atoms with E-state index in [1.54, 1.807) is 13.8 Å². The summed E-state index contributed by atoms with van der Waals surface area (Å²) >= 11 is 0. The Balaban J connectivity index is 3.21. The molecular formula is C12H16N2O4. The van der Waals surface area contributed by atoms with Crippen LogP contribution >= 0.6 is 0 Å². The zero-order valence-corrected chi connectivity index (χ0v) is 10.3. The molecule has 0 fully saturated rings. The molecule has 0 saturated carbocycles. The van der Waals surface area contributed by atoms with E-state index in [-0.39, 0.29) is 6.61 Å². The Labute approximate surface area is 104 Å². The zero-order chi connectivity index (χ0) is 13.7. The largest absolute Gasteiger partial charge is 0.394 e. The van der Waals surface area contributed by atoms with Crippen LogP contribution in [0.4, 0.5) is 0 Å². The van der Waals surface area contributed by atoms with Crippen molar-refractivity contribution in [2.45, 2.75) is 26.2 Å². The lowest BCUT2D eigenvalue weighted by molar-refractivity contribution is -0.0426. The van der Waals surface area contributed by atoms with Crippen molar-refractivity contribution < 1.29 is 9.84 Å². The molecule has 2 unspecified atom stereocenters. The zero-order valence-electron chi connectivity index (χ0n) is 10.3. The summed E-state index contributed by atoms with van der Waals surface area (Å²) in [4.78, 5) is 25.1. The fraction of sp³-hybridized carbons (Fsp3) is 0.417. The molecule has 2 atom stereocenters. The summed E-state index contributed by atoms with van der Waals surface area (Å²) in [5.74, 6) is 0. The van der Waals surface area contributed by atoms with E-state index >= 15 is 0 Å². The van der Waals surface area contributed by atoms with Crippen LogP contribution in [0.3, 0.4) is 0 Å². The minimum absolute atomic E-state index is 0.182. The van der Waals surface area contributed by atoms with Gasteiger partial charge in [-0.1, -0.05) is 6.58 Å². The van der Waals surface area contributed by atoms with Crippen molar-refractivity contribution in [3.05, 3.63) is 51.0 Å². The number of H-pyrrole nitrogens is 1. The number of aromatic amines is 1. The highest BCUT2D eigenvalue weighted by atomic mass is 16.5. The summed E-state index contributed by atoms with van der Waals surface area (Å²) in [5, 5.41) is 8.95. The standard InChI is InChI=1S/C12H16N2O4/c1-4-5-10(18-9(3)7-15)14-6-8(2)11(16)13-12(14)17/h5-6,9-10,15H,1,7H2,2-3H3,(H,13,16,17). The molecule has 6 nitrogen and oxygen atoms in total. The third kappa shape index (κ3) is 3.30. The van der Waals surface area contributed by atoms with Gasteiger partial charge in [-0.2, -0.15) is 0 Å². The number of aliphatic hydroxyl groups is 1. The van der Waals surface area contributed by atoms with Gasteiger partial charge in [0, 0.05) is 17.8 Å². The van der Waals surface area contributed by atoms with E-state index in [4.69, 9.17) is 9.84 Å². The summed E-state index contributed by atoms with van der Waals surface area (Å²) in [7, 11) is 0. The van der Waals surface area contributed by atoms with Crippen LogP contribution in [0.5, 0.6) is 0 Å². The van der Waals surface area contributed by atoms with Gasteiger partial charge in [-0.3, -0.25) is 14.3 Å². The van der Waals surface area contributed by atoms with E-state index in [9.17, 15) is 9.59 Å². The molecule has 1 heterocycles. The minimum Gasteiger partial charge on any atom is -0.394 e. The van der Waals surface area contributed by atoms with Crippen LogP contribution in [0, 0.1) is 6.92 Å². The lowest BCUT2D eigenvalue weighted by Crippen LogP contribution is -2.35. The number of hydrogen-bond donors (Lipinski definition) is 2. The Bertz CT molecular complexity index is 566. The maximum Gasteiger partial charge on any atom is 0.330 e. The second kappa shape index (κ2) is 6.16. The molecule has 0 saturated heterocycles. The number of nitrogens with zero attached hydrogens (tertiary/aromatic N) is 1. The number of aromatic nitrogens is 2. The van der Waals surface area contributed by atoms with Crippen molar-refractivity contribution in [3.63, 3.8) is 0 Å². The molecule has 2 N–H and O–H groups in total. The fourth-order valence-electron chi connectivity index (χ4n) is 1.34. The maximum absolute atomic E-state index is 11.7. The van der Waals surface area contributed by atoms with E-state index in [0.29, 0.717) is 5.56 Å². The molecular weight excluding hydrogens is 236 g/mol. The van der Waals surface area contributed by atoms with E-state index < -0.39 is 23.6 Å². The first-order valence-corrected chi connectivity index (χ1v) is 5.44. The van der Waals surface area contributed by atoms with Crippen LogP contribution in [-0.2, 0) is 4.74 Å². The van der Waals surface area contributed by atoms with Crippen LogP contribution in [0.2, 0.25) is 0 Å². The third-order valence-electron chi connectivity index (χ3n) is 2.31. The molecule has 98 valence electrons. The van der Waals surface area contributed by atoms with Gasteiger partial charge in [0.15, 0.2) is 6.23 Å². The fourth-order valence-corrected chi connectivity index (χ4v) is 1.34. The van der Waals surface area contributed by atoms with Crippen LogP contribution in [0.1, 0.15) is 18.7 Å². The topological polar surface area (TPSA) is 84.3 Å². The normalized spacial score (nSPS) is 13.7. The molecule has 1 aromatic heterocycles. The Morgan fingerprint density at radius 3 is 2.89 bits per heavy atom. The van der Waals surface area contributed by atoms with Crippen LogP contribution in [0.15, 0.2) is 34.2 Å². The first kappa shape index (κ1) is 14.2. The third-order valence-corrected chi connectivity index (χ3v) is 2.31. The van der Waals surface area contributed by atoms with Gasteiger partial charge >= 0.3 is 5.69 Å². The Morgan fingerprint density at radius 1 is 1.67 bits per heavy atom. The molecule has 0 aromatic carbocycles. The van der Waals surface area contributed by atoms with Crippen LogP contribution < -0.4 is 11.2 Å². The Morgan fingerprint density at radius 2 is 2.33 bits per heavy atom. The predicted octanol–water partition coefficient (Wildman–Crippen LogP) is 0.0821. The second-order valence-corrected chi connectivity index (χ2v) is 3.87. The molecule has 0 spiro atoms. The summed E-state index contributed by atoms with van der Waals surface area (Å²) < 4.78 is 6.64. The minimum atomic E-state index is -0.771. The summed E-state index contributed by atoms with van der Waals surface area (Å²) in [6.07, 6.45) is 1.60. The van der Waals surface area contributed by atoms with Gasteiger partial charge in [-0.25, -0.2) is 4.79 Å². The number of aryl methyl sites for hydroxylation is 1. The highest BCUT2D eigenvalue weighted by Crippen LogP contribution is 2.10. The SMILES string of the molecule is C=C=CC(OC(C)CO)n1cc(C)c(=O)[nH]c1=O. The average Bonchev–Trinajstić information content (AvgIpc) is 2.33. The predicted molar refractivity (Wildman–Crippen MR) is 66.4 cm³/mol. The number of ether oxygens (including phenoxy) is 1. The lowest BCUT2D eigenvalue weighted by Gasteiger charge is -2.19. The second-order valence-electron chi connectivity index (χ2n) is 3.87. The van der Waals surface area contributed by atoms with E-state index in [1.807, 2.05) is 0 Å². The molecule has 0 amide bonds. The molecule has 0 aliphatic heterocycles. The highest BCUT2D eigenvalue weighted by Gasteiger charge is 2.14. The molecule has 1 aromatic rings. The van der Waals surface area contributed by atoms with Gasteiger partial charge in [-0.05, 0) is 13.8 Å². The maximum atomic E-state index is 11.7.